The highest BCUT2D eigenvalue weighted by atomic mass is 32.2. The Kier molecular flexibility index (Phi) is 4.16. The van der Waals surface area contributed by atoms with Crippen molar-refractivity contribution >= 4 is 21.4 Å². The lowest BCUT2D eigenvalue weighted by Crippen LogP contribution is -2.48. The lowest BCUT2D eigenvalue weighted by molar-refractivity contribution is 0.388. The zero-order valence-corrected chi connectivity index (χ0v) is 12.2. The molecular weight excluding hydrogens is 276 g/mol. The van der Waals surface area contributed by atoms with E-state index in [0.717, 1.165) is 11.3 Å². The zero-order chi connectivity index (χ0) is 14.8. The van der Waals surface area contributed by atoms with Crippen LogP contribution in [0.25, 0.3) is 0 Å². The summed E-state index contributed by atoms with van der Waals surface area (Å²) in [6.45, 7) is 2.25. The largest absolute Gasteiger partial charge is 0.398 e. The number of nitrogens with zero attached hydrogens (tertiary/aromatic N) is 3. The maximum absolute atomic E-state index is 11.5. The first-order valence-corrected chi connectivity index (χ1v) is 8.22. The Hall–Kier alpha value is -1.78. The first-order chi connectivity index (χ1) is 9.41. The molecule has 1 heterocycles. The van der Waals surface area contributed by atoms with Crippen LogP contribution in [-0.2, 0) is 16.4 Å². The van der Waals surface area contributed by atoms with E-state index >= 15 is 0 Å². The molecule has 1 aromatic carbocycles. The Morgan fingerprint density at radius 3 is 2.50 bits per heavy atom. The Morgan fingerprint density at radius 2 is 1.95 bits per heavy atom. The van der Waals surface area contributed by atoms with E-state index in [4.69, 9.17) is 11.0 Å². The molecule has 0 atom stereocenters. The van der Waals surface area contributed by atoms with E-state index in [1.165, 1.54) is 10.6 Å². The minimum atomic E-state index is -3.11. The van der Waals surface area contributed by atoms with E-state index in [2.05, 4.69) is 11.0 Å². The van der Waals surface area contributed by atoms with E-state index in [1.807, 2.05) is 12.1 Å². The number of hydrogen-bond acceptors (Lipinski definition) is 5. The van der Waals surface area contributed by atoms with E-state index in [-0.39, 0.29) is 6.42 Å². The molecule has 20 heavy (non-hydrogen) atoms. The summed E-state index contributed by atoms with van der Waals surface area (Å²) in [5.74, 6) is 0. The number of rotatable bonds is 3. The fraction of sp³-hybridized carbons (Fsp3) is 0.462. The van der Waals surface area contributed by atoms with Gasteiger partial charge >= 0.3 is 0 Å². The molecule has 0 bridgehead atoms. The Balaban J connectivity index is 2.11. The van der Waals surface area contributed by atoms with Gasteiger partial charge in [0.2, 0.25) is 10.0 Å². The highest BCUT2D eigenvalue weighted by molar-refractivity contribution is 7.88. The van der Waals surface area contributed by atoms with Crippen LogP contribution < -0.4 is 10.6 Å². The first kappa shape index (κ1) is 14.6. The van der Waals surface area contributed by atoms with Gasteiger partial charge in [-0.05, 0) is 23.8 Å². The number of hydrogen-bond donors (Lipinski definition) is 1. The summed E-state index contributed by atoms with van der Waals surface area (Å²) in [6.07, 6.45) is 1.51. The molecule has 0 spiro atoms. The summed E-state index contributed by atoms with van der Waals surface area (Å²) in [7, 11) is -3.11. The standard InChI is InChI=1S/C13H18N4O2S/c1-20(18,19)17-8-6-16(7-9-17)12-2-3-13(15)11(10-12)4-5-14/h2-3,10H,4,6-9,15H2,1H3. The summed E-state index contributed by atoms with van der Waals surface area (Å²) in [5.41, 5.74) is 8.24. The molecule has 0 radical (unpaired) electrons. The molecule has 1 aliphatic rings. The van der Waals surface area contributed by atoms with Gasteiger partial charge in [0.25, 0.3) is 0 Å². The van der Waals surface area contributed by atoms with Gasteiger partial charge < -0.3 is 10.6 Å². The quantitative estimate of drug-likeness (QED) is 0.816. The van der Waals surface area contributed by atoms with Crippen molar-refractivity contribution in [1.82, 2.24) is 4.31 Å². The number of sulfonamides is 1. The minimum absolute atomic E-state index is 0.281. The van der Waals surface area contributed by atoms with E-state index in [0.29, 0.717) is 31.9 Å². The van der Waals surface area contributed by atoms with Crippen LogP contribution in [0.3, 0.4) is 0 Å². The molecule has 0 amide bonds. The second kappa shape index (κ2) is 5.69. The number of nitriles is 1. The summed E-state index contributed by atoms with van der Waals surface area (Å²) in [4.78, 5) is 2.11. The van der Waals surface area contributed by atoms with Crippen molar-refractivity contribution in [3.63, 3.8) is 0 Å². The minimum Gasteiger partial charge on any atom is -0.398 e. The molecule has 0 aliphatic carbocycles. The van der Waals surface area contributed by atoms with Crippen LogP contribution in [0.5, 0.6) is 0 Å². The molecule has 1 aromatic rings. The van der Waals surface area contributed by atoms with Crippen molar-refractivity contribution in [2.45, 2.75) is 6.42 Å². The second-order valence-electron chi connectivity index (χ2n) is 4.87. The molecule has 0 aromatic heterocycles. The third-order valence-electron chi connectivity index (χ3n) is 3.47. The molecule has 7 heteroatoms. The Bertz CT molecular complexity index is 628. The molecule has 1 aliphatic heterocycles. The summed E-state index contributed by atoms with van der Waals surface area (Å²) in [5, 5.41) is 8.78. The third-order valence-corrected chi connectivity index (χ3v) is 4.77. The van der Waals surface area contributed by atoms with Crippen molar-refractivity contribution in [2.75, 3.05) is 43.1 Å². The van der Waals surface area contributed by atoms with E-state index in [9.17, 15) is 8.42 Å². The monoisotopic (exact) mass is 294 g/mol. The fourth-order valence-electron chi connectivity index (χ4n) is 2.31. The second-order valence-corrected chi connectivity index (χ2v) is 6.85. The Labute approximate surface area is 119 Å². The average molecular weight is 294 g/mol. The lowest BCUT2D eigenvalue weighted by atomic mass is 10.1. The molecule has 2 rings (SSSR count). The van der Waals surface area contributed by atoms with Crippen molar-refractivity contribution in [3.8, 4) is 6.07 Å². The summed E-state index contributed by atoms with van der Waals surface area (Å²) < 4.78 is 24.4. The average Bonchev–Trinajstić information content (AvgIpc) is 2.41. The maximum Gasteiger partial charge on any atom is 0.211 e. The molecule has 0 unspecified atom stereocenters. The van der Waals surface area contributed by atoms with E-state index in [1.54, 1.807) is 6.07 Å². The number of benzene rings is 1. The van der Waals surface area contributed by atoms with Gasteiger partial charge in [-0.3, -0.25) is 0 Å². The number of nitrogens with two attached hydrogens (primary N) is 1. The molecule has 0 saturated carbocycles. The number of anilines is 2. The summed E-state index contributed by atoms with van der Waals surface area (Å²) in [6, 6.07) is 7.71. The van der Waals surface area contributed by atoms with Crippen LogP contribution in [0.15, 0.2) is 18.2 Å². The Morgan fingerprint density at radius 1 is 1.30 bits per heavy atom. The van der Waals surface area contributed by atoms with Crippen LogP contribution in [0.1, 0.15) is 5.56 Å². The van der Waals surface area contributed by atoms with E-state index < -0.39 is 10.0 Å². The van der Waals surface area contributed by atoms with Gasteiger partial charge in [0.1, 0.15) is 0 Å². The number of piperazine rings is 1. The molecular formula is C13H18N4O2S. The van der Waals surface area contributed by atoms with Gasteiger partial charge in [0, 0.05) is 37.6 Å². The first-order valence-electron chi connectivity index (χ1n) is 6.37. The molecule has 1 fully saturated rings. The normalized spacial score (nSPS) is 16.9. The van der Waals surface area contributed by atoms with Gasteiger partial charge in [-0.25, -0.2) is 8.42 Å². The lowest BCUT2D eigenvalue weighted by Gasteiger charge is -2.35. The van der Waals surface area contributed by atoms with Crippen molar-refractivity contribution in [1.29, 1.82) is 5.26 Å². The van der Waals surface area contributed by atoms with Crippen LogP contribution in [-0.4, -0.2) is 45.2 Å². The van der Waals surface area contributed by atoms with Crippen LogP contribution in [0.2, 0.25) is 0 Å². The van der Waals surface area contributed by atoms with Gasteiger partial charge in [0.05, 0.1) is 18.7 Å². The van der Waals surface area contributed by atoms with Crippen LogP contribution >= 0.6 is 0 Å². The highest BCUT2D eigenvalue weighted by Gasteiger charge is 2.23. The van der Waals surface area contributed by atoms with Crippen molar-refractivity contribution in [2.24, 2.45) is 0 Å². The topological polar surface area (TPSA) is 90.4 Å². The zero-order valence-electron chi connectivity index (χ0n) is 11.4. The summed E-state index contributed by atoms with van der Waals surface area (Å²) >= 11 is 0. The predicted octanol–water partition coefficient (Wildman–Crippen LogP) is 0.416. The highest BCUT2D eigenvalue weighted by Crippen LogP contribution is 2.23. The molecule has 6 nitrogen and oxygen atoms in total. The molecule has 1 saturated heterocycles. The van der Waals surface area contributed by atoms with Gasteiger partial charge in [-0.2, -0.15) is 9.57 Å². The van der Waals surface area contributed by atoms with Crippen LogP contribution in [0, 0.1) is 11.3 Å². The molecule has 108 valence electrons. The van der Waals surface area contributed by atoms with Gasteiger partial charge in [-0.1, -0.05) is 0 Å². The third kappa shape index (κ3) is 3.21. The maximum atomic E-state index is 11.5. The van der Waals surface area contributed by atoms with Gasteiger partial charge in [0.15, 0.2) is 0 Å². The van der Waals surface area contributed by atoms with Gasteiger partial charge in [-0.15, -0.1) is 0 Å². The molecule has 2 N–H and O–H groups in total. The number of nitrogen functional groups attached to an aromatic ring is 1. The van der Waals surface area contributed by atoms with Crippen molar-refractivity contribution in [3.05, 3.63) is 23.8 Å². The predicted molar refractivity (Wildman–Crippen MR) is 78.8 cm³/mol. The van der Waals surface area contributed by atoms with Crippen LogP contribution in [0.4, 0.5) is 11.4 Å². The van der Waals surface area contributed by atoms with Crippen molar-refractivity contribution < 1.29 is 8.42 Å². The SMILES string of the molecule is CS(=O)(=O)N1CCN(c2ccc(N)c(CC#N)c2)CC1. The fourth-order valence-corrected chi connectivity index (χ4v) is 3.13. The smallest absolute Gasteiger partial charge is 0.211 e.